The lowest BCUT2D eigenvalue weighted by molar-refractivity contribution is -0.142. The molecule has 0 aliphatic carbocycles. The molecule has 0 rings (SSSR count). The Labute approximate surface area is 108 Å². The van der Waals surface area contributed by atoms with Gasteiger partial charge in [-0.3, -0.25) is 9.59 Å². The number of aliphatic hydroxyl groups excluding tert-OH is 1. The van der Waals surface area contributed by atoms with E-state index >= 15 is 0 Å². The molecule has 1 atom stereocenters. The molecule has 106 valence electrons. The van der Waals surface area contributed by atoms with Crippen molar-refractivity contribution < 1.29 is 24.2 Å². The Morgan fingerprint density at radius 3 is 2.39 bits per heavy atom. The molecule has 0 aliphatic heterocycles. The molecule has 1 N–H and O–H groups in total. The predicted molar refractivity (Wildman–Crippen MR) is 66.0 cm³/mol. The highest BCUT2D eigenvalue weighted by Crippen LogP contribution is 2.03. The molecule has 0 fully saturated rings. The van der Waals surface area contributed by atoms with Gasteiger partial charge in [0.05, 0.1) is 26.2 Å². The standard InChI is InChI=1S/C12H23NO5/c1-10(14)4-5-11(15)13(8-9-17-2)7-6-12(16)18-3/h10,14H,4-9H2,1-3H3. The molecule has 0 spiro atoms. The summed E-state index contributed by atoms with van der Waals surface area (Å²) in [4.78, 5) is 24.5. The van der Waals surface area contributed by atoms with Crippen LogP contribution in [0.15, 0.2) is 0 Å². The van der Waals surface area contributed by atoms with Gasteiger partial charge in [0.2, 0.25) is 5.91 Å². The molecule has 0 aromatic heterocycles. The van der Waals surface area contributed by atoms with Gasteiger partial charge < -0.3 is 19.5 Å². The fourth-order valence-corrected chi connectivity index (χ4v) is 1.38. The number of methoxy groups -OCH3 is 2. The highest BCUT2D eigenvalue weighted by molar-refractivity contribution is 5.77. The molecule has 1 unspecified atom stereocenters. The van der Waals surface area contributed by atoms with Crippen molar-refractivity contribution >= 4 is 11.9 Å². The number of amides is 1. The summed E-state index contributed by atoms with van der Waals surface area (Å²) in [5.74, 6) is -0.433. The lowest BCUT2D eigenvalue weighted by Crippen LogP contribution is -2.36. The van der Waals surface area contributed by atoms with E-state index < -0.39 is 6.10 Å². The third kappa shape index (κ3) is 8.03. The summed E-state index contributed by atoms with van der Waals surface area (Å²) < 4.78 is 9.46. The van der Waals surface area contributed by atoms with Crippen LogP contribution in [-0.2, 0) is 19.1 Å². The number of nitrogens with zero attached hydrogens (tertiary/aromatic N) is 1. The predicted octanol–water partition coefficient (Wildman–Crippen LogP) is 0.185. The molecule has 0 heterocycles. The monoisotopic (exact) mass is 261 g/mol. The number of carbonyl (C=O) groups excluding carboxylic acids is 2. The number of ether oxygens (including phenoxy) is 2. The number of hydrogen-bond donors (Lipinski definition) is 1. The summed E-state index contributed by atoms with van der Waals surface area (Å²) in [5, 5.41) is 9.15. The smallest absolute Gasteiger partial charge is 0.307 e. The van der Waals surface area contributed by atoms with Crippen LogP contribution in [0.3, 0.4) is 0 Å². The largest absolute Gasteiger partial charge is 0.469 e. The fourth-order valence-electron chi connectivity index (χ4n) is 1.38. The van der Waals surface area contributed by atoms with E-state index in [9.17, 15) is 9.59 Å². The zero-order valence-electron chi connectivity index (χ0n) is 11.3. The first-order chi connectivity index (χ1) is 8.51. The minimum Gasteiger partial charge on any atom is -0.469 e. The van der Waals surface area contributed by atoms with Gasteiger partial charge in [-0.25, -0.2) is 0 Å². The highest BCUT2D eigenvalue weighted by atomic mass is 16.5. The number of carbonyl (C=O) groups is 2. The van der Waals surface area contributed by atoms with Crippen molar-refractivity contribution in [2.75, 3.05) is 33.9 Å². The SMILES string of the molecule is COCCN(CCC(=O)OC)C(=O)CCC(C)O. The number of esters is 1. The molecule has 1 amide bonds. The summed E-state index contributed by atoms with van der Waals surface area (Å²) in [5.41, 5.74) is 0. The summed E-state index contributed by atoms with van der Waals surface area (Å²) in [6.07, 6.45) is 0.350. The second-order valence-corrected chi connectivity index (χ2v) is 4.09. The van der Waals surface area contributed by atoms with Crippen molar-refractivity contribution in [3.05, 3.63) is 0 Å². The van der Waals surface area contributed by atoms with Gasteiger partial charge in [0.1, 0.15) is 0 Å². The normalized spacial score (nSPS) is 12.0. The molecule has 18 heavy (non-hydrogen) atoms. The van der Waals surface area contributed by atoms with E-state index in [-0.39, 0.29) is 24.7 Å². The lowest BCUT2D eigenvalue weighted by atomic mass is 10.2. The van der Waals surface area contributed by atoms with E-state index in [0.29, 0.717) is 26.1 Å². The summed E-state index contributed by atoms with van der Waals surface area (Å²) in [7, 11) is 2.87. The van der Waals surface area contributed by atoms with Crippen LogP contribution in [0, 0.1) is 0 Å². The van der Waals surface area contributed by atoms with Crippen molar-refractivity contribution in [3.8, 4) is 0 Å². The Balaban J connectivity index is 4.18. The summed E-state index contributed by atoms with van der Waals surface area (Å²) >= 11 is 0. The molecular formula is C12H23NO5. The first kappa shape index (κ1) is 16.9. The van der Waals surface area contributed by atoms with Crippen molar-refractivity contribution in [1.29, 1.82) is 0 Å². The van der Waals surface area contributed by atoms with Crippen LogP contribution < -0.4 is 0 Å². The van der Waals surface area contributed by atoms with Gasteiger partial charge in [-0.05, 0) is 13.3 Å². The second-order valence-electron chi connectivity index (χ2n) is 4.09. The van der Waals surface area contributed by atoms with Gasteiger partial charge in [-0.15, -0.1) is 0 Å². The lowest BCUT2D eigenvalue weighted by Gasteiger charge is -2.22. The van der Waals surface area contributed by atoms with Gasteiger partial charge in [0, 0.05) is 26.6 Å². The first-order valence-electron chi connectivity index (χ1n) is 6.02. The Kier molecular flexibility index (Phi) is 9.22. The molecule has 0 radical (unpaired) electrons. The average Bonchev–Trinajstić information content (AvgIpc) is 2.35. The Bertz CT molecular complexity index is 255. The van der Waals surface area contributed by atoms with Gasteiger partial charge in [0.15, 0.2) is 0 Å². The minimum absolute atomic E-state index is 0.0862. The van der Waals surface area contributed by atoms with Crippen LogP contribution in [0.1, 0.15) is 26.2 Å². The van der Waals surface area contributed by atoms with Gasteiger partial charge in [-0.2, -0.15) is 0 Å². The zero-order valence-corrected chi connectivity index (χ0v) is 11.3. The van der Waals surface area contributed by atoms with Crippen LogP contribution in [-0.4, -0.2) is 61.9 Å². The van der Waals surface area contributed by atoms with Gasteiger partial charge in [0.25, 0.3) is 0 Å². The van der Waals surface area contributed by atoms with Crippen molar-refractivity contribution in [3.63, 3.8) is 0 Å². The highest BCUT2D eigenvalue weighted by Gasteiger charge is 2.15. The fraction of sp³-hybridized carbons (Fsp3) is 0.833. The maximum Gasteiger partial charge on any atom is 0.307 e. The topological polar surface area (TPSA) is 76.1 Å². The van der Waals surface area contributed by atoms with Crippen LogP contribution in [0.4, 0.5) is 0 Å². The van der Waals surface area contributed by atoms with E-state index in [2.05, 4.69) is 4.74 Å². The third-order valence-corrected chi connectivity index (χ3v) is 2.51. The van der Waals surface area contributed by atoms with E-state index in [4.69, 9.17) is 9.84 Å². The van der Waals surface area contributed by atoms with E-state index in [1.54, 1.807) is 18.9 Å². The molecule has 0 saturated carbocycles. The number of aliphatic hydroxyl groups is 1. The molecule has 6 heteroatoms. The Morgan fingerprint density at radius 2 is 1.89 bits per heavy atom. The molecule has 0 aromatic carbocycles. The van der Waals surface area contributed by atoms with Gasteiger partial charge >= 0.3 is 5.97 Å². The van der Waals surface area contributed by atoms with Crippen molar-refractivity contribution in [1.82, 2.24) is 4.90 Å². The molecule has 6 nitrogen and oxygen atoms in total. The molecule has 0 aliphatic rings. The number of rotatable bonds is 9. The molecule has 0 bridgehead atoms. The van der Waals surface area contributed by atoms with E-state index in [0.717, 1.165) is 0 Å². The Morgan fingerprint density at radius 1 is 1.22 bits per heavy atom. The van der Waals surface area contributed by atoms with Crippen LogP contribution in [0.2, 0.25) is 0 Å². The minimum atomic E-state index is -0.501. The molecule has 0 saturated heterocycles. The molecule has 0 aromatic rings. The van der Waals surface area contributed by atoms with Crippen molar-refractivity contribution in [2.24, 2.45) is 0 Å². The molecular weight excluding hydrogens is 238 g/mol. The average molecular weight is 261 g/mol. The van der Waals surface area contributed by atoms with Crippen LogP contribution in [0.5, 0.6) is 0 Å². The van der Waals surface area contributed by atoms with Crippen LogP contribution >= 0.6 is 0 Å². The zero-order chi connectivity index (χ0) is 14.0. The quantitative estimate of drug-likeness (QED) is 0.599. The summed E-state index contributed by atoms with van der Waals surface area (Å²) in [6.45, 7) is 2.81. The number of hydrogen-bond acceptors (Lipinski definition) is 5. The van der Waals surface area contributed by atoms with E-state index in [1.165, 1.54) is 7.11 Å². The second kappa shape index (κ2) is 9.85. The van der Waals surface area contributed by atoms with Crippen LogP contribution in [0.25, 0.3) is 0 Å². The summed E-state index contributed by atoms with van der Waals surface area (Å²) in [6, 6.07) is 0. The third-order valence-electron chi connectivity index (χ3n) is 2.51. The first-order valence-corrected chi connectivity index (χ1v) is 6.02. The maximum absolute atomic E-state index is 11.9. The van der Waals surface area contributed by atoms with E-state index in [1.807, 2.05) is 0 Å². The maximum atomic E-state index is 11.9. The van der Waals surface area contributed by atoms with Crippen molar-refractivity contribution in [2.45, 2.75) is 32.3 Å². The Hall–Kier alpha value is -1.14. The van der Waals surface area contributed by atoms with Gasteiger partial charge in [-0.1, -0.05) is 0 Å².